The van der Waals surface area contributed by atoms with Crippen LogP contribution in [0.3, 0.4) is 0 Å². The van der Waals surface area contributed by atoms with Crippen molar-refractivity contribution >= 4 is 29.3 Å². The molecule has 4 heteroatoms. The first-order valence-electron chi connectivity index (χ1n) is 6.18. The van der Waals surface area contributed by atoms with E-state index in [1.165, 1.54) is 6.42 Å². The monoisotopic (exact) mass is 261 g/mol. The molecule has 2 fully saturated rings. The Balaban J connectivity index is 1.79. The number of carbonyl (C=O) groups is 1. The molecule has 1 aliphatic carbocycles. The summed E-state index contributed by atoms with van der Waals surface area (Å²) in [5.41, 5.74) is 0. The maximum atomic E-state index is 12.1. The number of alkyl halides is 1. The van der Waals surface area contributed by atoms with Gasteiger partial charge in [-0.3, -0.25) is 4.79 Å². The number of hydrogen-bond donors (Lipinski definition) is 1. The highest BCUT2D eigenvalue weighted by molar-refractivity contribution is 8.01. The first-order valence-corrected chi connectivity index (χ1v) is 7.60. The summed E-state index contributed by atoms with van der Waals surface area (Å²) in [7, 11) is 0. The largest absolute Gasteiger partial charge is 0.355 e. The highest BCUT2D eigenvalue weighted by atomic mass is 35.5. The molecule has 3 unspecified atom stereocenters. The quantitative estimate of drug-likeness (QED) is 0.792. The Kier molecular flexibility index (Phi) is 4.06. The summed E-state index contributed by atoms with van der Waals surface area (Å²) in [6.45, 7) is 2.83. The zero-order chi connectivity index (χ0) is 11.6. The second-order valence-electron chi connectivity index (χ2n) is 5.10. The first kappa shape index (κ1) is 12.6. The summed E-state index contributed by atoms with van der Waals surface area (Å²) in [6.07, 6.45) is 5.65. The highest BCUT2D eigenvalue weighted by Crippen LogP contribution is 2.38. The number of thioether (sulfide) groups is 1. The van der Waals surface area contributed by atoms with E-state index in [0.717, 1.165) is 38.0 Å². The number of halogens is 1. The third-order valence-corrected chi connectivity index (χ3v) is 5.88. The van der Waals surface area contributed by atoms with Crippen molar-refractivity contribution in [3.63, 3.8) is 0 Å². The summed E-state index contributed by atoms with van der Waals surface area (Å²) in [5, 5.41) is 3.36. The van der Waals surface area contributed by atoms with Crippen LogP contribution in [0.4, 0.5) is 0 Å². The zero-order valence-corrected chi connectivity index (χ0v) is 11.4. The molecule has 2 rings (SSSR count). The van der Waals surface area contributed by atoms with Gasteiger partial charge in [0.05, 0.1) is 4.75 Å². The van der Waals surface area contributed by atoms with E-state index in [1.54, 1.807) is 11.8 Å². The van der Waals surface area contributed by atoms with Crippen molar-refractivity contribution in [1.29, 1.82) is 0 Å². The molecule has 0 bridgehead atoms. The lowest BCUT2D eigenvalue weighted by Crippen LogP contribution is -2.42. The van der Waals surface area contributed by atoms with Crippen LogP contribution in [0.5, 0.6) is 0 Å². The molecule has 1 heterocycles. The topological polar surface area (TPSA) is 29.1 Å². The SMILES string of the molecule is CC1(C(=O)NCC2CCCC2Cl)CCCS1. The van der Waals surface area contributed by atoms with E-state index in [9.17, 15) is 4.79 Å². The number of rotatable bonds is 3. The lowest BCUT2D eigenvalue weighted by atomic mass is 10.0. The molecule has 16 heavy (non-hydrogen) atoms. The van der Waals surface area contributed by atoms with Crippen molar-refractivity contribution in [1.82, 2.24) is 5.32 Å². The van der Waals surface area contributed by atoms with Gasteiger partial charge in [0, 0.05) is 11.9 Å². The van der Waals surface area contributed by atoms with Gasteiger partial charge in [-0.1, -0.05) is 6.42 Å². The van der Waals surface area contributed by atoms with Gasteiger partial charge < -0.3 is 5.32 Å². The van der Waals surface area contributed by atoms with E-state index in [4.69, 9.17) is 11.6 Å². The molecule has 2 nitrogen and oxygen atoms in total. The minimum absolute atomic E-state index is 0.180. The maximum Gasteiger partial charge on any atom is 0.235 e. The maximum absolute atomic E-state index is 12.1. The highest BCUT2D eigenvalue weighted by Gasteiger charge is 2.37. The van der Waals surface area contributed by atoms with Crippen molar-refractivity contribution in [2.24, 2.45) is 5.92 Å². The van der Waals surface area contributed by atoms with Crippen LogP contribution < -0.4 is 5.32 Å². The Morgan fingerprint density at radius 3 is 2.88 bits per heavy atom. The second kappa shape index (κ2) is 5.18. The summed E-state index contributed by atoms with van der Waals surface area (Å²) in [5.74, 6) is 1.82. The van der Waals surface area contributed by atoms with Crippen LogP contribution in [0.25, 0.3) is 0 Å². The van der Waals surface area contributed by atoms with Crippen molar-refractivity contribution < 1.29 is 4.79 Å². The fraction of sp³-hybridized carbons (Fsp3) is 0.917. The molecule has 1 aliphatic heterocycles. The van der Waals surface area contributed by atoms with Crippen molar-refractivity contribution in [2.45, 2.75) is 49.2 Å². The van der Waals surface area contributed by atoms with Gasteiger partial charge in [-0.15, -0.1) is 23.4 Å². The molecule has 0 aromatic carbocycles. The van der Waals surface area contributed by atoms with Gasteiger partial charge in [0.25, 0.3) is 0 Å². The minimum Gasteiger partial charge on any atom is -0.355 e. The molecule has 1 N–H and O–H groups in total. The van der Waals surface area contributed by atoms with Crippen LogP contribution in [0, 0.1) is 5.92 Å². The molecule has 92 valence electrons. The van der Waals surface area contributed by atoms with Crippen molar-refractivity contribution in [3.05, 3.63) is 0 Å². The van der Waals surface area contributed by atoms with Gasteiger partial charge in [-0.2, -0.15) is 0 Å². The van der Waals surface area contributed by atoms with E-state index >= 15 is 0 Å². The average Bonchev–Trinajstić information content (AvgIpc) is 2.85. The summed E-state index contributed by atoms with van der Waals surface area (Å²) in [6, 6.07) is 0. The van der Waals surface area contributed by atoms with Crippen LogP contribution in [-0.4, -0.2) is 28.3 Å². The van der Waals surface area contributed by atoms with Gasteiger partial charge in [0.1, 0.15) is 0 Å². The summed E-state index contributed by atoms with van der Waals surface area (Å²) >= 11 is 7.99. The number of hydrogen-bond acceptors (Lipinski definition) is 2. The molecule has 2 aliphatic rings. The fourth-order valence-electron chi connectivity index (χ4n) is 2.59. The Bertz CT molecular complexity index is 266. The van der Waals surface area contributed by atoms with E-state index in [0.29, 0.717) is 5.92 Å². The first-order chi connectivity index (χ1) is 7.62. The predicted molar refractivity (Wildman–Crippen MR) is 70.1 cm³/mol. The summed E-state index contributed by atoms with van der Waals surface area (Å²) in [4.78, 5) is 12.1. The van der Waals surface area contributed by atoms with Crippen molar-refractivity contribution in [3.8, 4) is 0 Å². The van der Waals surface area contributed by atoms with E-state index in [1.807, 2.05) is 0 Å². The Labute approximate surface area is 107 Å². The van der Waals surface area contributed by atoms with Crippen LogP contribution in [0.15, 0.2) is 0 Å². The standard InChI is InChI=1S/C12H20ClNOS/c1-12(6-3-7-16-12)11(15)14-8-9-4-2-5-10(9)13/h9-10H,2-8H2,1H3,(H,14,15). The Hall–Kier alpha value is 0.110. The Morgan fingerprint density at radius 2 is 2.31 bits per heavy atom. The lowest BCUT2D eigenvalue weighted by molar-refractivity contribution is -0.123. The van der Waals surface area contributed by atoms with Gasteiger partial charge in [-0.25, -0.2) is 0 Å². The zero-order valence-electron chi connectivity index (χ0n) is 9.80. The van der Waals surface area contributed by atoms with E-state index in [-0.39, 0.29) is 16.0 Å². The molecule has 1 amide bonds. The molecule has 0 spiro atoms. The molecule has 0 radical (unpaired) electrons. The second-order valence-corrected chi connectivity index (χ2v) is 7.26. The van der Waals surface area contributed by atoms with Crippen LogP contribution in [0.2, 0.25) is 0 Å². The molecule has 3 atom stereocenters. The minimum atomic E-state index is -0.180. The van der Waals surface area contributed by atoms with Gasteiger partial charge in [0.15, 0.2) is 0 Å². The number of amides is 1. The molecule has 0 aromatic rings. The van der Waals surface area contributed by atoms with Gasteiger partial charge >= 0.3 is 0 Å². The number of carbonyl (C=O) groups excluding carboxylic acids is 1. The molecule has 0 aromatic heterocycles. The molecule has 1 saturated heterocycles. The third-order valence-electron chi connectivity index (χ3n) is 3.79. The lowest BCUT2D eigenvalue weighted by Gasteiger charge is -2.23. The van der Waals surface area contributed by atoms with Crippen LogP contribution in [0.1, 0.15) is 39.0 Å². The van der Waals surface area contributed by atoms with Crippen molar-refractivity contribution in [2.75, 3.05) is 12.3 Å². The third kappa shape index (κ3) is 2.67. The molecule has 1 saturated carbocycles. The summed E-state index contributed by atoms with van der Waals surface area (Å²) < 4.78 is -0.180. The Morgan fingerprint density at radius 1 is 1.50 bits per heavy atom. The van der Waals surface area contributed by atoms with Gasteiger partial charge in [0.2, 0.25) is 5.91 Å². The van der Waals surface area contributed by atoms with Gasteiger partial charge in [-0.05, 0) is 44.3 Å². The van der Waals surface area contributed by atoms with E-state index < -0.39 is 0 Å². The van der Waals surface area contributed by atoms with Crippen LogP contribution >= 0.6 is 23.4 Å². The van der Waals surface area contributed by atoms with Crippen LogP contribution in [-0.2, 0) is 4.79 Å². The smallest absolute Gasteiger partial charge is 0.235 e. The molecular weight excluding hydrogens is 242 g/mol. The van der Waals surface area contributed by atoms with E-state index in [2.05, 4.69) is 12.2 Å². The predicted octanol–water partition coefficient (Wildman–Crippen LogP) is 2.80. The fourth-order valence-corrected chi connectivity index (χ4v) is 4.19. The molecular formula is C12H20ClNOS. The normalized spacial score (nSPS) is 38.9. The number of nitrogens with one attached hydrogen (secondary N) is 1. The average molecular weight is 262 g/mol.